The molecule has 5 rings (SSSR count). The van der Waals surface area contributed by atoms with E-state index in [9.17, 15) is 19.8 Å². The summed E-state index contributed by atoms with van der Waals surface area (Å²) in [6.07, 6.45) is 1.48. The summed E-state index contributed by atoms with van der Waals surface area (Å²) in [5.41, 5.74) is 3.44. The third-order valence-corrected chi connectivity index (χ3v) is 7.11. The number of benzene rings is 3. The molecule has 2 aliphatic rings. The van der Waals surface area contributed by atoms with Gasteiger partial charge in [-0.2, -0.15) is 0 Å². The van der Waals surface area contributed by atoms with Gasteiger partial charge in [-0.1, -0.05) is 54.6 Å². The van der Waals surface area contributed by atoms with Gasteiger partial charge in [0.25, 0.3) is 0 Å². The molecule has 8 heteroatoms. The van der Waals surface area contributed by atoms with Crippen molar-refractivity contribution in [2.45, 2.75) is 44.7 Å². The van der Waals surface area contributed by atoms with Gasteiger partial charge in [0, 0.05) is 31.4 Å². The number of carbonyl (C=O) groups is 2. The first kappa shape index (κ1) is 25.6. The minimum Gasteiger partial charge on any atom is -0.508 e. The van der Waals surface area contributed by atoms with Crippen LogP contribution >= 0.6 is 0 Å². The average Bonchev–Trinajstić information content (AvgIpc) is 3.80. The van der Waals surface area contributed by atoms with E-state index >= 15 is 0 Å². The van der Waals surface area contributed by atoms with Crippen LogP contribution in [0.5, 0.6) is 5.75 Å². The normalized spacial score (nSPS) is 17.2. The number of phenolic OH excluding ortho intramolecular Hbond substituents is 1. The molecule has 0 spiro atoms. The Morgan fingerprint density at radius 3 is 2.32 bits per heavy atom. The number of ether oxygens (including phenoxy) is 1. The van der Waals surface area contributed by atoms with Gasteiger partial charge in [-0.3, -0.25) is 4.79 Å². The standard InChI is InChI=1S/C30H33N3O5/c34-20-23-7-4-8-24(17-23)21-38-30(37)31-15-16-32(25-11-13-27(35)14-12-25)28(19-31)29(36)33(26-9-10-26)18-22-5-2-1-3-6-22/h1-8,11-14,17,26,28,34-35H,9-10,15-16,18-21H2/t28-/m1/s1. The first-order chi connectivity index (χ1) is 18.5. The zero-order valence-electron chi connectivity index (χ0n) is 21.3. The van der Waals surface area contributed by atoms with Crippen molar-refractivity contribution in [1.82, 2.24) is 9.80 Å². The summed E-state index contributed by atoms with van der Waals surface area (Å²) in [7, 11) is 0. The number of aliphatic hydroxyl groups is 1. The predicted octanol–water partition coefficient (Wildman–Crippen LogP) is 3.90. The minimum absolute atomic E-state index is 0.0161. The van der Waals surface area contributed by atoms with Gasteiger partial charge in [-0.05, 0) is 53.8 Å². The second-order valence-electron chi connectivity index (χ2n) is 9.89. The van der Waals surface area contributed by atoms with Gasteiger partial charge in [-0.25, -0.2) is 4.79 Å². The number of rotatable bonds is 8. The van der Waals surface area contributed by atoms with Crippen molar-refractivity contribution in [2.24, 2.45) is 0 Å². The molecule has 1 heterocycles. The largest absolute Gasteiger partial charge is 0.508 e. The Hall–Kier alpha value is -4.04. The SMILES string of the molecule is O=C(OCc1cccc(CO)c1)N1CCN(c2ccc(O)cc2)[C@@H](C(=O)N(Cc2ccccc2)C2CC2)C1. The van der Waals surface area contributed by atoms with E-state index in [0.29, 0.717) is 19.6 Å². The molecule has 0 aromatic heterocycles. The molecule has 3 aromatic carbocycles. The Morgan fingerprint density at radius 1 is 0.895 bits per heavy atom. The van der Waals surface area contributed by atoms with Gasteiger partial charge in [0.1, 0.15) is 18.4 Å². The molecule has 1 saturated carbocycles. The molecular formula is C30H33N3O5. The molecule has 1 atom stereocenters. The van der Waals surface area contributed by atoms with Crippen LogP contribution in [0.25, 0.3) is 0 Å². The number of phenols is 1. The maximum absolute atomic E-state index is 14.1. The summed E-state index contributed by atoms with van der Waals surface area (Å²) < 4.78 is 5.60. The van der Waals surface area contributed by atoms with Crippen molar-refractivity contribution in [3.63, 3.8) is 0 Å². The van der Waals surface area contributed by atoms with Crippen molar-refractivity contribution < 1.29 is 24.5 Å². The summed E-state index contributed by atoms with van der Waals surface area (Å²) in [6.45, 7) is 1.60. The number of hydrogen-bond donors (Lipinski definition) is 2. The Bertz CT molecular complexity index is 1250. The molecule has 0 radical (unpaired) electrons. The molecule has 1 saturated heterocycles. The van der Waals surface area contributed by atoms with E-state index in [0.717, 1.165) is 35.2 Å². The molecule has 198 valence electrons. The van der Waals surface area contributed by atoms with Crippen molar-refractivity contribution in [1.29, 1.82) is 0 Å². The average molecular weight is 516 g/mol. The van der Waals surface area contributed by atoms with Crippen LogP contribution in [0.4, 0.5) is 10.5 Å². The predicted molar refractivity (Wildman–Crippen MR) is 143 cm³/mol. The molecule has 2 N–H and O–H groups in total. The van der Waals surface area contributed by atoms with E-state index in [1.165, 1.54) is 0 Å². The second kappa shape index (κ2) is 11.6. The second-order valence-corrected chi connectivity index (χ2v) is 9.89. The maximum Gasteiger partial charge on any atom is 0.410 e. The highest BCUT2D eigenvalue weighted by Crippen LogP contribution is 2.32. The van der Waals surface area contributed by atoms with Crippen molar-refractivity contribution in [2.75, 3.05) is 24.5 Å². The maximum atomic E-state index is 14.1. The molecule has 38 heavy (non-hydrogen) atoms. The van der Waals surface area contributed by atoms with Crippen LogP contribution < -0.4 is 4.90 Å². The molecule has 8 nitrogen and oxygen atoms in total. The number of piperazine rings is 1. The number of anilines is 1. The van der Waals surface area contributed by atoms with E-state index in [2.05, 4.69) is 0 Å². The number of nitrogens with zero attached hydrogens (tertiary/aromatic N) is 3. The van der Waals surface area contributed by atoms with E-state index < -0.39 is 12.1 Å². The fourth-order valence-corrected chi connectivity index (χ4v) is 4.91. The van der Waals surface area contributed by atoms with Gasteiger partial charge in [0.2, 0.25) is 5.91 Å². The molecule has 0 bridgehead atoms. The van der Waals surface area contributed by atoms with Gasteiger partial charge >= 0.3 is 6.09 Å². The molecule has 3 aromatic rings. The monoisotopic (exact) mass is 515 g/mol. The Balaban J connectivity index is 1.34. The van der Waals surface area contributed by atoms with Crippen LogP contribution in [0.2, 0.25) is 0 Å². The third kappa shape index (κ3) is 6.08. The van der Waals surface area contributed by atoms with Crippen LogP contribution in [0.15, 0.2) is 78.9 Å². The summed E-state index contributed by atoms with van der Waals surface area (Å²) in [5.74, 6) is 0.144. The third-order valence-electron chi connectivity index (χ3n) is 7.11. The highest BCUT2D eigenvalue weighted by molar-refractivity contribution is 5.87. The first-order valence-electron chi connectivity index (χ1n) is 13.0. The number of hydrogen-bond acceptors (Lipinski definition) is 6. The van der Waals surface area contributed by atoms with Gasteiger partial charge in [-0.15, -0.1) is 0 Å². The van der Waals surface area contributed by atoms with Crippen molar-refractivity contribution >= 4 is 17.7 Å². The number of aromatic hydroxyl groups is 1. The molecule has 1 aliphatic heterocycles. The lowest BCUT2D eigenvalue weighted by Gasteiger charge is -2.43. The summed E-state index contributed by atoms with van der Waals surface area (Å²) >= 11 is 0. The van der Waals surface area contributed by atoms with Crippen LogP contribution in [-0.2, 0) is 29.3 Å². The van der Waals surface area contributed by atoms with Crippen LogP contribution in [0.3, 0.4) is 0 Å². The van der Waals surface area contributed by atoms with E-state index in [1.807, 2.05) is 58.3 Å². The fourth-order valence-electron chi connectivity index (χ4n) is 4.91. The lowest BCUT2D eigenvalue weighted by Crippen LogP contribution is -2.61. The Kier molecular flexibility index (Phi) is 7.79. The van der Waals surface area contributed by atoms with E-state index in [4.69, 9.17) is 4.74 Å². The quantitative estimate of drug-likeness (QED) is 0.473. The zero-order valence-corrected chi connectivity index (χ0v) is 21.3. The number of carbonyl (C=O) groups excluding carboxylic acids is 2. The van der Waals surface area contributed by atoms with Crippen LogP contribution in [-0.4, -0.2) is 63.7 Å². The number of amides is 2. The Morgan fingerprint density at radius 2 is 1.61 bits per heavy atom. The topological polar surface area (TPSA) is 93.5 Å². The first-order valence-corrected chi connectivity index (χ1v) is 13.0. The Labute approximate surface area is 222 Å². The smallest absolute Gasteiger partial charge is 0.410 e. The molecule has 2 fully saturated rings. The van der Waals surface area contributed by atoms with Gasteiger partial charge in [0.15, 0.2) is 0 Å². The fraction of sp³-hybridized carbons (Fsp3) is 0.333. The van der Waals surface area contributed by atoms with Crippen molar-refractivity contribution in [3.05, 3.63) is 95.6 Å². The lowest BCUT2D eigenvalue weighted by atomic mass is 10.1. The minimum atomic E-state index is -0.581. The summed E-state index contributed by atoms with van der Waals surface area (Å²) in [6, 6.07) is 23.7. The van der Waals surface area contributed by atoms with E-state index in [1.54, 1.807) is 35.2 Å². The van der Waals surface area contributed by atoms with Gasteiger partial charge < -0.3 is 29.6 Å². The molecule has 0 unspecified atom stereocenters. The lowest BCUT2D eigenvalue weighted by molar-refractivity contribution is -0.134. The highest BCUT2D eigenvalue weighted by Gasteiger charge is 2.41. The van der Waals surface area contributed by atoms with Gasteiger partial charge in [0.05, 0.1) is 13.2 Å². The van der Waals surface area contributed by atoms with Crippen LogP contribution in [0, 0.1) is 0 Å². The van der Waals surface area contributed by atoms with E-state index in [-0.39, 0.29) is 37.5 Å². The van der Waals surface area contributed by atoms with Crippen molar-refractivity contribution in [3.8, 4) is 5.75 Å². The molecule has 2 amide bonds. The highest BCUT2D eigenvalue weighted by atomic mass is 16.6. The molecular weight excluding hydrogens is 482 g/mol. The summed E-state index contributed by atoms with van der Waals surface area (Å²) in [5, 5.41) is 19.2. The summed E-state index contributed by atoms with van der Waals surface area (Å²) in [4.78, 5) is 32.7. The zero-order chi connectivity index (χ0) is 26.5. The number of aliphatic hydroxyl groups excluding tert-OH is 1. The molecule has 1 aliphatic carbocycles. The van der Waals surface area contributed by atoms with Crippen LogP contribution in [0.1, 0.15) is 29.5 Å².